The summed E-state index contributed by atoms with van der Waals surface area (Å²) < 4.78 is 23.7. The molecule has 1 atom stereocenters. The SMILES string of the molecule is Cc1ccc(CS(=O)(=O)C(C)CC(=O)O)cc1. The van der Waals surface area contributed by atoms with E-state index in [1.54, 1.807) is 12.1 Å². The van der Waals surface area contributed by atoms with Crippen molar-refractivity contribution in [3.8, 4) is 0 Å². The summed E-state index contributed by atoms with van der Waals surface area (Å²) in [5.74, 6) is -1.20. The maximum Gasteiger partial charge on any atom is 0.304 e. The zero-order valence-electron chi connectivity index (χ0n) is 9.88. The lowest BCUT2D eigenvalue weighted by Gasteiger charge is -2.10. The van der Waals surface area contributed by atoms with Gasteiger partial charge in [0.1, 0.15) is 0 Å². The summed E-state index contributed by atoms with van der Waals surface area (Å²) in [6.07, 6.45) is -0.353. The van der Waals surface area contributed by atoms with Gasteiger partial charge in [-0.2, -0.15) is 0 Å². The van der Waals surface area contributed by atoms with Gasteiger partial charge in [-0.1, -0.05) is 29.8 Å². The van der Waals surface area contributed by atoms with Gasteiger partial charge in [0.15, 0.2) is 9.84 Å². The van der Waals surface area contributed by atoms with Gasteiger partial charge in [0.25, 0.3) is 0 Å². The minimum absolute atomic E-state index is 0.109. The monoisotopic (exact) mass is 256 g/mol. The Morgan fingerprint density at radius 2 is 1.82 bits per heavy atom. The Labute approximate surface area is 101 Å². The highest BCUT2D eigenvalue weighted by Gasteiger charge is 2.23. The largest absolute Gasteiger partial charge is 0.481 e. The molecular formula is C12H16O4S. The molecule has 0 spiro atoms. The molecule has 0 radical (unpaired) electrons. The number of aryl methyl sites for hydroxylation is 1. The van der Waals surface area contributed by atoms with Crippen LogP contribution in [0.3, 0.4) is 0 Å². The van der Waals surface area contributed by atoms with Gasteiger partial charge < -0.3 is 5.11 Å². The molecule has 0 fully saturated rings. The molecule has 0 aliphatic carbocycles. The smallest absolute Gasteiger partial charge is 0.304 e. The van der Waals surface area contributed by atoms with Gasteiger partial charge in [0.05, 0.1) is 17.4 Å². The van der Waals surface area contributed by atoms with Crippen LogP contribution in [-0.2, 0) is 20.4 Å². The second-order valence-electron chi connectivity index (χ2n) is 4.20. The van der Waals surface area contributed by atoms with E-state index in [2.05, 4.69) is 0 Å². The van der Waals surface area contributed by atoms with Gasteiger partial charge in [-0.05, 0) is 19.4 Å². The molecule has 1 rings (SSSR count). The van der Waals surface area contributed by atoms with Crippen molar-refractivity contribution in [1.82, 2.24) is 0 Å². The van der Waals surface area contributed by atoms with Crippen molar-refractivity contribution in [3.05, 3.63) is 35.4 Å². The average Bonchev–Trinajstić information content (AvgIpc) is 2.20. The first-order valence-electron chi connectivity index (χ1n) is 5.30. The molecule has 0 aliphatic heterocycles. The first-order chi connectivity index (χ1) is 7.81. The summed E-state index contributed by atoms with van der Waals surface area (Å²) in [5, 5.41) is 7.73. The summed E-state index contributed by atoms with van der Waals surface area (Å²) in [7, 11) is -3.40. The topological polar surface area (TPSA) is 71.4 Å². The summed E-state index contributed by atoms with van der Waals surface area (Å²) >= 11 is 0. The summed E-state index contributed by atoms with van der Waals surface area (Å²) in [5.41, 5.74) is 1.75. The van der Waals surface area contributed by atoms with Gasteiger partial charge in [0, 0.05) is 0 Å². The van der Waals surface area contributed by atoms with Crippen LogP contribution in [0.5, 0.6) is 0 Å². The third-order valence-electron chi connectivity index (χ3n) is 2.56. The Hall–Kier alpha value is -1.36. The zero-order chi connectivity index (χ0) is 13.1. The highest BCUT2D eigenvalue weighted by molar-refractivity contribution is 7.91. The van der Waals surface area contributed by atoms with Crippen LogP contribution < -0.4 is 0 Å². The molecule has 4 nitrogen and oxygen atoms in total. The Bertz CT molecular complexity index is 488. The van der Waals surface area contributed by atoms with Crippen LogP contribution in [0.4, 0.5) is 0 Å². The van der Waals surface area contributed by atoms with Crippen molar-refractivity contribution in [2.24, 2.45) is 0 Å². The number of carbonyl (C=O) groups is 1. The van der Waals surface area contributed by atoms with Crippen LogP contribution in [0.15, 0.2) is 24.3 Å². The Morgan fingerprint density at radius 1 is 1.29 bits per heavy atom. The second-order valence-corrected chi connectivity index (χ2v) is 6.62. The first-order valence-corrected chi connectivity index (χ1v) is 7.01. The minimum atomic E-state index is -3.40. The fourth-order valence-corrected chi connectivity index (χ4v) is 2.77. The van der Waals surface area contributed by atoms with E-state index in [-0.39, 0.29) is 12.2 Å². The number of hydrogen-bond donors (Lipinski definition) is 1. The third-order valence-corrected chi connectivity index (χ3v) is 4.69. The number of benzene rings is 1. The summed E-state index contributed by atoms with van der Waals surface area (Å²) in [4.78, 5) is 10.5. The highest BCUT2D eigenvalue weighted by atomic mass is 32.2. The maximum atomic E-state index is 11.9. The number of carboxylic acids is 1. The molecule has 1 N–H and O–H groups in total. The molecule has 94 valence electrons. The van der Waals surface area contributed by atoms with E-state index in [0.717, 1.165) is 5.56 Å². The molecule has 1 unspecified atom stereocenters. The van der Waals surface area contributed by atoms with Crippen LogP contribution in [-0.4, -0.2) is 24.7 Å². The lowest BCUT2D eigenvalue weighted by Crippen LogP contribution is -2.22. The van der Waals surface area contributed by atoms with E-state index in [4.69, 9.17) is 5.11 Å². The van der Waals surface area contributed by atoms with Crippen molar-refractivity contribution in [3.63, 3.8) is 0 Å². The molecule has 0 saturated heterocycles. The number of carboxylic acid groups (broad SMARTS) is 1. The van der Waals surface area contributed by atoms with Crippen molar-refractivity contribution in [2.45, 2.75) is 31.3 Å². The molecular weight excluding hydrogens is 240 g/mol. The highest BCUT2D eigenvalue weighted by Crippen LogP contribution is 2.14. The van der Waals surface area contributed by atoms with E-state index >= 15 is 0 Å². The van der Waals surface area contributed by atoms with Crippen LogP contribution in [0.25, 0.3) is 0 Å². The standard InChI is InChI=1S/C12H16O4S/c1-9-3-5-11(6-4-9)8-17(15,16)10(2)7-12(13)14/h3-6,10H,7-8H2,1-2H3,(H,13,14). The van der Waals surface area contributed by atoms with E-state index in [9.17, 15) is 13.2 Å². The molecule has 17 heavy (non-hydrogen) atoms. The van der Waals surface area contributed by atoms with E-state index in [1.807, 2.05) is 19.1 Å². The predicted molar refractivity (Wildman–Crippen MR) is 65.5 cm³/mol. The van der Waals surface area contributed by atoms with Gasteiger partial charge in [-0.15, -0.1) is 0 Å². The minimum Gasteiger partial charge on any atom is -0.481 e. The molecule has 0 saturated carbocycles. The van der Waals surface area contributed by atoms with Crippen LogP contribution >= 0.6 is 0 Å². The van der Waals surface area contributed by atoms with E-state index < -0.39 is 21.1 Å². The van der Waals surface area contributed by atoms with Crippen LogP contribution in [0.1, 0.15) is 24.5 Å². The fraction of sp³-hybridized carbons (Fsp3) is 0.417. The maximum absolute atomic E-state index is 11.9. The molecule has 0 aromatic heterocycles. The third kappa shape index (κ3) is 4.19. The second kappa shape index (κ2) is 5.31. The van der Waals surface area contributed by atoms with Crippen molar-refractivity contribution >= 4 is 15.8 Å². The first kappa shape index (κ1) is 13.7. The van der Waals surface area contributed by atoms with Crippen LogP contribution in [0, 0.1) is 6.92 Å². The number of sulfone groups is 1. The number of aliphatic carboxylic acids is 1. The summed E-state index contributed by atoms with van der Waals surface area (Å²) in [6, 6.07) is 7.18. The van der Waals surface area contributed by atoms with Crippen LogP contribution in [0.2, 0.25) is 0 Å². The van der Waals surface area contributed by atoms with Gasteiger partial charge in [-0.25, -0.2) is 8.42 Å². The lowest BCUT2D eigenvalue weighted by atomic mass is 10.2. The predicted octanol–water partition coefficient (Wildman–Crippen LogP) is 1.77. The molecule has 1 aromatic carbocycles. The van der Waals surface area contributed by atoms with Gasteiger partial charge >= 0.3 is 5.97 Å². The molecule has 0 amide bonds. The van der Waals surface area contributed by atoms with E-state index in [1.165, 1.54) is 6.92 Å². The fourth-order valence-electron chi connectivity index (χ4n) is 1.43. The zero-order valence-corrected chi connectivity index (χ0v) is 10.7. The van der Waals surface area contributed by atoms with Crippen molar-refractivity contribution in [2.75, 3.05) is 0 Å². The summed E-state index contributed by atoms with van der Waals surface area (Å²) in [6.45, 7) is 3.35. The quantitative estimate of drug-likeness (QED) is 0.871. The molecule has 1 aromatic rings. The van der Waals surface area contributed by atoms with Crippen molar-refractivity contribution in [1.29, 1.82) is 0 Å². The van der Waals surface area contributed by atoms with Gasteiger partial charge in [-0.3, -0.25) is 4.79 Å². The van der Waals surface area contributed by atoms with Gasteiger partial charge in [0.2, 0.25) is 0 Å². The number of rotatable bonds is 5. The Kier molecular flexibility index (Phi) is 4.28. The van der Waals surface area contributed by atoms with Crippen molar-refractivity contribution < 1.29 is 18.3 Å². The molecule has 0 heterocycles. The average molecular weight is 256 g/mol. The molecule has 5 heteroatoms. The lowest BCUT2D eigenvalue weighted by molar-refractivity contribution is -0.136. The normalized spacial score (nSPS) is 13.3. The number of hydrogen-bond acceptors (Lipinski definition) is 3. The molecule has 0 aliphatic rings. The van der Waals surface area contributed by atoms with E-state index in [0.29, 0.717) is 5.56 Å². The Morgan fingerprint density at radius 3 is 2.29 bits per heavy atom. The Balaban J connectivity index is 2.79. The molecule has 0 bridgehead atoms.